The molecule has 0 aliphatic heterocycles. The Labute approximate surface area is 247 Å². The number of ether oxygens (including phenoxy) is 2. The SMILES string of the molecule is CCCOc1ccc(-c2nn(-c3ccccc3)cc2/C=N\NC(=O)[C@@H](CC)Oc2ccc3ccccc3c2Br)cc1. The van der Waals surface area contributed by atoms with Crippen LogP contribution in [0.3, 0.4) is 0 Å². The number of nitrogens with one attached hydrogen (secondary N) is 1. The second kappa shape index (κ2) is 13.3. The van der Waals surface area contributed by atoms with E-state index in [2.05, 4.69) is 33.4 Å². The lowest BCUT2D eigenvalue weighted by Crippen LogP contribution is -2.35. The predicted octanol–water partition coefficient (Wildman–Crippen LogP) is 7.55. The summed E-state index contributed by atoms with van der Waals surface area (Å²) in [7, 11) is 0. The van der Waals surface area contributed by atoms with E-state index in [0.29, 0.717) is 18.8 Å². The number of carbonyl (C=O) groups is 1. The first-order valence-electron chi connectivity index (χ1n) is 13.6. The third-order valence-corrected chi connectivity index (χ3v) is 7.32. The first-order chi connectivity index (χ1) is 20.1. The van der Waals surface area contributed by atoms with Gasteiger partial charge in [0.1, 0.15) is 17.2 Å². The topological polar surface area (TPSA) is 77.7 Å². The van der Waals surface area contributed by atoms with Crippen molar-refractivity contribution in [1.82, 2.24) is 15.2 Å². The van der Waals surface area contributed by atoms with Crippen molar-refractivity contribution in [2.24, 2.45) is 5.10 Å². The van der Waals surface area contributed by atoms with E-state index in [0.717, 1.165) is 49.9 Å². The van der Waals surface area contributed by atoms with Gasteiger partial charge in [0.05, 0.1) is 23.0 Å². The highest BCUT2D eigenvalue weighted by atomic mass is 79.9. The van der Waals surface area contributed by atoms with Crippen LogP contribution in [0.2, 0.25) is 0 Å². The number of carbonyl (C=O) groups excluding carboxylic acids is 1. The summed E-state index contributed by atoms with van der Waals surface area (Å²) in [6.07, 6.45) is 4.21. The van der Waals surface area contributed by atoms with Gasteiger partial charge in [-0.2, -0.15) is 10.2 Å². The van der Waals surface area contributed by atoms with Crippen LogP contribution in [-0.4, -0.2) is 34.6 Å². The third kappa shape index (κ3) is 6.66. The van der Waals surface area contributed by atoms with Gasteiger partial charge in [0, 0.05) is 17.3 Å². The normalized spacial score (nSPS) is 12.0. The van der Waals surface area contributed by atoms with Gasteiger partial charge in [-0.3, -0.25) is 4.79 Å². The Hall–Kier alpha value is -4.43. The van der Waals surface area contributed by atoms with E-state index in [-0.39, 0.29) is 5.91 Å². The Morgan fingerprint density at radius 2 is 1.76 bits per heavy atom. The molecule has 1 heterocycles. The number of hydrazone groups is 1. The largest absolute Gasteiger partial charge is 0.494 e. The molecule has 0 aliphatic carbocycles. The maximum absolute atomic E-state index is 13.0. The van der Waals surface area contributed by atoms with E-state index in [1.54, 1.807) is 10.9 Å². The van der Waals surface area contributed by atoms with E-state index in [1.807, 2.05) is 104 Å². The molecule has 0 fully saturated rings. The lowest BCUT2D eigenvalue weighted by molar-refractivity contribution is -0.128. The van der Waals surface area contributed by atoms with Gasteiger partial charge in [-0.15, -0.1) is 0 Å². The van der Waals surface area contributed by atoms with Crippen LogP contribution in [0.15, 0.2) is 107 Å². The van der Waals surface area contributed by atoms with Gasteiger partial charge in [-0.1, -0.05) is 62.4 Å². The number of aromatic nitrogens is 2. The monoisotopic (exact) mass is 610 g/mol. The number of fused-ring (bicyclic) bond motifs is 1. The van der Waals surface area contributed by atoms with Crippen molar-refractivity contribution in [3.8, 4) is 28.4 Å². The Morgan fingerprint density at radius 3 is 2.51 bits per heavy atom. The van der Waals surface area contributed by atoms with Crippen molar-refractivity contribution in [3.63, 3.8) is 0 Å². The van der Waals surface area contributed by atoms with Crippen molar-refractivity contribution in [3.05, 3.63) is 107 Å². The molecule has 0 bridgehead atoms. The number of rotatable bonds is 11. The fraction of sp³-hybridized carbons (Fsp3) is 0.182. The average molecular weight is 612 g/mol. The van der Waals surface area contributed by atoms with E-state index in [9.17, 15) is 4.79 Å². The molecule has 5 aromatic rings. The van der Waals surface area contributed by atoms with Crippen LogP contribution in [0, 0.1) is 0 Å². The molecule has 4 aromatic carbocycles. The van der Waals surface area contributed by atoms with Crippen molar-refractivity contribution < 1.29 is 14.3 Å². The van der Waals surface area contributed by atoms with Crippen molar-refractivity contribution >= 4 is 38.8 Å². The van der Waals surface area contributed by atoms with Gasteiger partial charge >= 0.3 is 0 Å². The molecule has 0 spiro atoms. The van der Waals surface area contributed by atoms with Crippen molar-refractivity contribution in [2.45, 2.75) is 32.8 Å². The summed E-state index contributed by atoms with van der Waals surface area (Å²) in [5, 5.41) is 11.2. The molecule has 8 heteroatoms. The maximum Gasteiger partial charge on any atom is 0.281 e. The molecule has 0 unspecified atom stereocenters. The number of benzene rings is 4. The fourth-order valence-electron chi connectivity index (χ4n) is 4.37. The number of hydrogen-bond donors (Lipinski definition) is 1. The second-order valence-corrected chi connectivity index (χ2v) is 10.2. The molecule has 41 heavy (non-hydrogen) atoms. The molecule has 1 N–H and O–H groups in total. The average Bonchev–Trinajstić information content (AvgIpc) is 3.44. The predicted molar refractivity (Wildman–Crippen MR) is 167 cm³/mol. The zero-order valence-electron chi connectivity index (χ0n) is 23.0. The Balaban J connectivity index is 1.35. The first kappa shape index (κ1) is 28.1. The molecule has 1 amide bonds. The van der Waals surface area contributed by atoms with Gasteiger partial charge in [-0.05, 0) is 82.0 Å². The highest BCUT2D eigenvalue weighted by molar-refractivity contribution is 9.10. The van der Waals surface area contributed by atoms with E-state index in [1.165, 1.54) is 0 Å². The smallest absolute Gasteiger partial charge is 0.281 e. The van der Waals surface area contributed by atoms with Gasteiger partial charge in [0.25, 0.3) is 5.91 Å². The van der Waals surface area contributed by atoms with E-state index in [4.69, 9.17) is 14.6 Å². The zero-order chi connectivity index (χ0) is 28.6. The van der Waals surface area contributed by atoms with Crippen LogP contribution in [-0.2, 0) is 4.79 Å². The summed E-state index contributed by atoms with van der Waals surface area (Å²) in [5.41, 5.74) is 5.97. The summed E-state index contributed by atoms with van der Waals surface area (Å²) >= 11 is 3.64. The van der Waals surface area contributed by atoms with Crippen LogP contribution in [0.4, 0.5) is 0 Å². The molecule has 0 aliphatic rings. The molecule has 0 radical (unpaired) electrons. The minimum absolute atomic E-state index is 0.335. The molecule has 5 rings (SSSR count). The number of nitrogens with zero attached hydrogens (tertiary/aromatic N) is 3. The summed E-state index contributed by atoms with van der Waals surface area (Å²) in [4.78, 5) is 13.0. The van der Waals surface area contributed by atoms with Crippen molar-refractivity contribution in [1.29, 1.82) is 0 Å². The zero-order valence-corrected chi connectivity index (χ0v) is 24.5. The molecule has 208 valence electrons. The first-order valence-corrected chi connectivity index (χ1v) is 14.4. The Kier molecular flexibility index (Phi) is 9.11. The minimum Gasteiger partial charge on any atom is -0.494 e. The highest BCUT2D eigenvalue weighted by Crippen LogP contribution is 2.34. The molecule has 0 saturated heterocycles. The maximum atomic E-state index is 13.0. The Morgan fingerprint density at radius 1 is 1.00 bits per heavy atom. The number of para-hydroxylation sites is 1. The number of hydrogen-bond acceptors (Lipinski definition) is 5. The number of halogens is 1. The van der Waals surface area contributed by atoms with Crippen LogP contribution in [0.1, 0.15) is 32.3 Å². The summed E-state index contributed by atoms with van der Waals surface area (Å²) in [6.45, 7) is 4.64. The molecule has 7 nitrogen and oxygen atoms in total. The van der Waals surface area contributed by atoms with E-state index < -0.39 is 6.10 Å². The summed E-state index contributed by atoms with van der Waals surface area (Å²) in [6, 6.07) is 29.5. The van der Waals surface area contributed by atoms with Crippen molar-refractivity contribution in [2.75, 3.05) is 6.61 Å². The van der Waals surface area contributed by atoms with Gasteiger partial charge in [0.15, 0.2) is 6.10 Å². The van der Waals surface area contributed by atoms with Crippen LogP contribution < -0.4 is 14.9 Å². The molecular weight excluding hydrogens is 580 g/mol. The molecular formula is C33H31BrN4O3. The van der Waals surface area contributed by atoms with Gasteiger partial charge in [-0.25, -0.2) is 10.1 Å². The lowest BCUT2D eigenvalue weighted by atomic mass is 10.1. The van der Waals surface area contributed by atoms with Crippen LogP contribution >= 0.6 is 15.9 Å². The lowest BCUT2D eigenvalue weighted by Gasteiger charge is -2.17. The number of amides is 1. The van der Waals surface area contributed by atoms with Crippen LogP contribution in [0.5, 0.6) is 11.5 Å². The summed E-state index contributed by atoms with van der Waals surface area (Å²) < 4.78 is 14.4. The fourth-order valence-corrected chi connectivity index (χ4v) is 4.95. The van der Waals surface area contributed by atoms with Crippen LogP contribution in [0.25, 0.3) is 27.7 Å². The molecule has 1 aromatic heterocycles. The quantitative estimate of drug-likeness (QED) is 0.124. The standard InChI is InChI=1S/C33H31BrN4O3/c1-3-20-40-27-17-14-24(15-18-27)32-25(22-38(37-32)26-11-6-5-7-12-26)21-35-36-33(39)29(4-2)41-30-19-16-23-10-8-9-13-28(23)31(30)34/h5-19,21-22,29H,3-4,20H2,1-2H3,(H,36,39)/b35-21-/t29-/m1/s1. The summed E-state index contributed by atoms with van der Waals surface area (Å²) in [5.74, 6) is 1.08. The Bertz CT molecular complexity index is 1650. The van der Waals surface area contributed by atoms with E-state index >= 15 is 0 Å². The van der Waals surface area contributed by atoms with Gasteiger partial charge < -0.3 is 9.47 Å². The molecule has 0 saturated carbocycles. The minimum atomic E-state index is -0.716. The third-order valence-electron chi connectivity index (χ3n) is 6.50. The second-order valence-electron chi connectivity index (χ2n) is 9.43. The van der Waals surface area contributed by atoms with Gasteiger partial charge in [0.2, 0.25) is 0 Å². The molecule has 1 atom stereocenters. The highest BCUT2D eigenvalue weighted by Gasteiger charge is 2.20.